The van der Waals surface area contributed by atoms with Crippen LogP contribution in [0.3, 0.4) is 0 Å². The van der Waals surface area contributed by atoms with Crippen molar-refractivity contribution in [2.75, 3.05) is 13.1 Å². The first-order chi connectivity index (χ1) is 9.77. The molecule has 2 unspecified atom stereocenters. The Balaban J connectivity index is 1.82. The van der Waals surface area contributed by atoms with Gasteiger partial charge in [0.2, 0.25) is 0 Å². The van der Waals surface area contributed by atoms with Crippen LogP contribution in [-0.2, 0) is 0 Å². The quantitative estimate of drug-likeness (QED) is 0.898. The van der Waals surface area contributed by atoms with Crippen molar-refractivity contribution >= 4 is 5.91 Å². The molecule has 3 nitrogen and oxygen atoms in total. The summed E-state index contributed by atoms with van der Waals surface area (Å²) in [5.74, 6) is 0.224. The van der Waals surface area contributed by atoms with Gasteiger partial charge in [0.1, 0.15) is 0 Å². The van der Waals surface area contributed by atoms with Crippen LogP contribution in [0.2, 0.25) is 0 Å². The summed E-state index contributed by atoms with van der Waals surface area (Å²) in [6.45, 7) is 4.05. The van der Waals surface area contributed by atoms with Gasteiger partial charge in [-0.05, 0) is 57.2 Å². The Morgan fingerprint density at radius 3 is 2.80 bits per heavy atom. The zero-order chi connectivity index (χ0) is 13.9. The fourth-order valence-electron chi connectivity index (χ4n) is 3.64. The number of nitrogens with zero attached hydrogens (tertiary/aromatic N) is 1. The second-order valence-electron chi connectivity index (χ2n) is 6.08. The van der Waals surface area contributed by atoms with Crippen molar-refractivity contribution in [3.63, 3.8) is 0 Å². The smallest absolute Gasteiger partial charge is 0.254 e. The summed E-state index contributed by atoms with van der Waals surface area (Å²) in [5, 5.41) is 3.58. The first-order valence-corrected chi connectivity index (χ1v) is 7.87. The lowest BCUT2D eigenvalue weighted by atomic mass is 9.93. The van der Waals surface area contributed by atoms with Crippen molar-refractivity contribution in [2.24, 2.45) is 0 Å². The molecule has 3 rings (SSSR count). The first kappa shape index (κ1) is 13.6. The van der Waals surface area contributed by atoms with Crippen molar-refractivity contribution in [3.05, 3.63) is 35.4 Å². The van der Waals surface area contributed by atoms with Gasteiger partial charge in [-0.3, -0.25) is 4.79 Å². The van der Waals surface area contributed by atoms with Gasteiger partial charge in [-0.2, -0.15) is 0 Å². The maximum Gasteiger partial charge on any atom is 0.254 e. The van der Waals surface area contributed by atoms with E-state index in [0.717, 1.165) is 37.1 Å². The Morgan fingerprint density at radius 1 is 1.20 bits per heavy atom. The Kier molecular flexibility index (Phi) is 4.06. The molecule has 2 fully saturated rings. The second kappa shape index (κ2) is 5.96. The molecule has 1 aromatic carbocycles. The molecule has 0 radical (unpaired) electrons. The van der Waals surface area contributed by atoms with Gasteiger partial charge in [0.05, 0.1) is 0 Å². The van der Waals surface area contributed by atoms with Gasteiger partial charge in [0.25, 0.3) is 5.91 Å². The van der Waals surface area contributed by atoms with Crippen LogP contribution < -0.4 is 5.32 Å². The van der Waals surface area contributed by atoms with E-state index in [1.165, 1.54) is 19.3 Å². The normalized spacial score (nSPS) is 26.8. The predicted molar refractivity (Wildman–Crippen MR) is 80.9 cm³/mol. The SMILES string of the molecule is Cc1ccccc1C(=O)N1CCCCC1C1CCCN1. The van der Waals surface area contributed by atoms with Gasteiger partial charge < -0.3 is 10.2 Å². The van der Waals surface area contributed by atoms with Gasteiger partial charge in [0, 0.05) is 24.2 Å². The zero-order valence-electron chi connectivity index (χ0n) is 12.3. The summed E-state index contributed by atoms with van der Waals surface area (Å²) in [5.41, 5.74) is 1.96. The number of rotatable bonds is 2. The van der Waals surface area contributed by atoms with Gasteiger partial charge >= 0.3 is 0 Å². The third-order valence-electron chi connectivity index (χ3n) is 4.75. The summed E-state index contributed by atoms with van der Waals surface area (Å²) >= 11 is 0. The van der Waals surface area contributed by atoms with Gasteiger partial charge in [-0.1, -0.05) is 18.2 Å². The van der Waals surface area contributed by atoms with E-state index in [1.807, 2.05) is 31.2 Å². The van der Waals surface area contributed by atoms with Crippen LogP contribution in [0.4, 0.5) is 0 Å². The van der Waals surface area contributed by atoms with Crippen LogP contribution in [0.1, 0.15) is 48.0 Å². The van der Waals surface area contributed by atoms with Gasteiger partial charge in [0.15, 0.2) is 0 Å². The molecule has 0 saturated carbocycles. The van der Waals surface area contributed by atoms with Crippen LogP contribution in [0.5, 0.6) is 0 Å². The summed E-state index contributed by atoms with van der Waals surface area (Å²) in [7, 11) is 0. The highest BCUT2D eigenvalue weighted by Crippen LogP contribution is 2.26. The lowest BCUT2D eigenvalue weighted by Crippen LogP contribution is -2.52. The van der Waals surface area contributed by atoms with E-state index < -0.39 is 0 Å². The average molecular weight is 272 g/mol. The second-order valence-corrected chi connectivity index (χ2v) is 6.08. The Labute approximate surface area is 121 Å². The molecule has 0 aliphatic carbocycles. The molecule has 1 N–H and O–H groups in total. The summed E-state index contributed by atoms with van der Waals surface area (Å²) in [6.07, 6.45) is 5.99. The number of nitrogens with one attached hydrogen (secondary N) is 1. The van der Waals surface area contributed by atoms with Crippen LogP contribution in [0, 0.1) is 6.92 Å². The topological polar surface area (TPSA) is 32.3 Å². The van der Waals surface area contributed by atoms with Crippen molar-refractivity contribution < 1.29 is 4.79 Å². The molecule has 2 aliphatic heterocycles. The number of aryl methyl sites for hydroxylation is 1. The molecule has 2 atom stereocenters. The largest absolute Gasteiger partial charge is 0.334 e. The van der Waals surface area contributed by atoms with E-state index in [-0.39, 0.29) is 5.91 Å². The molecular formula is C17H24N2O. The number of benzene rings is 1. The highest BCUT2D eigenvalue weighted by atomic mass is 16.2. The number of hydrogen-bond acceptors (Lipinski definition) is 2. The molecule has 108 valence electrons. The maximum atomic E-state index is 12.9. The lowest BCUT2D eigenvalue weighted by molar-refractivity contribution is 0.0563. The number of carbonyl (C=O) groups is 1. The Bertz CT molecular complexity index is 480. The summed E-state index contributed by atoms with van der Waals surface area (Å²) in [4.78, 5) is 15.0. The molecule has 0 spiro atoms. The van der Waals surface area contributed by atoms with Crippen LogP contribution in [0.15, 0.2) is 24.3 Å². The van der Waals surface area contributed by atoms with E-state index in [1.54, 1.807) is 0 Å². The van der Waals surface area contributed by atoms with Crippen LogP contribution in [0.25, 0.3) is 0 Å². The van der Waals surface area contributed by atoms with E-state index >= 15 is 0 Å². The van der Waals surface area contributed by atoms with E-state index in [4.69, 9.17) is 0 Å². The monoisotopic (exact) mass is 272 g/mol. The molecule has 1 aromatic rings. The standard InChI is InChI=1S/C17H24N2O/c1-13-7-2-3-8-14(13)17(20)19-12-5-4-10-16(19)15-9-6-11-18-15/h2-3,7-8,15-16,18H,4-6,9-12H2,1H3. The highest BCUT2D eigenvalue weighted by Gasteiger charge is 2.34. The molecule has 2 heterocycles. The molecular weight excluding hydrogens is 248 g/mol. The number of likely N-dealkylation sites (tertiary alicyclic amines) is 1. The maximum absolute atomic E-state index is 12.9. The number of amides is 1. The Hall–Kier alpha value is -1.35. The van der Waals surface area contributed by atoms with Gasteiger partial charge in [-0.25, -0.2) is 0 Å². The van der Waals surface area contributed by atoms with Crippen molar-refractivity contribution in [1.82, 2.24) is 10.2 Å². The zero-order valence-corrected chi connectivity index (χ0v) is 12.3. The van der Waals surface area contributed by atoms with Gasteiger partial charge in [-0.15, -0.1) is 0 Å². The molecule has 0 bridgehead atoms. The predicted octanol–water partition coefficient (Wildman–Crippen LogP) is 2.74. The number of piperidine rings is 1. The molecule has 1 amide bonds. The van der Waals surface area contributed by atoms with E-state index in [2.05, 4.69) is 10.2 Å². The summed E-state index contributed by atoms with van der Waals surface area (Å²) in [6, 6.07) is 8.85. The summed E-state index contributed by atoms with van der Waals surface area (Å²) < 4.78 is 0. The highest BCUT2D eigenvalue weighted by molar-refractivity contribution is 5.95. The molecule has 0 aromatic heterocycles. The minimum Gasteiger partial charge on any atom is -0.334 e. The number of hydrogen-bond donors (Lipinski definition) is 1. The van der Waals surface area contributed by atoms with Crippen LogP contribution >= 0.6 is 0 Å². The van der Waals surface area contributed by atoms with E-state index in [9.17, 15) is 4.79 Å². The van der Waals surface area contributed by atoms with Crippen molar-refractivity contribution in [2.45, 2.75) is 51.1 Å². The molecule has 2 saturated heterocycles. The average Bonchev–Trinajstić information content (AvgIpc) is 3.01. The number of carbonyl (C=O) groups excluding carboxylic acids is 1. The molecule has 20 heavy (non-hydrogen) atoms. The molecule has 3 heteroatoms. The van der Waals surface area contributed by atoms with Crippen LogP contribution in [-0.4, -0.2) is 36.0 Å². The van der Waals surface area contributed by atoms with E-state index in [0.29, 0.717) is 12.1 Å². The minimum absolute atomic E-state index is 0.224. The Morgan fingerprint density at radius 2 is 2.05 bits per heavy atom. The third kappa shape index (κ3) is 2.59. The minimum atomic E-state index is 0.224. The first-order valence-electron chi connectivity index (χ1n) is 7.87. The van der Waals surface area contributed by atoms with Crippen molar-refractivity contribution in [3.8, 4) is 0 Å². The fourth-order valence-corrected chi connectivity index (χ4v) is 3.64. The van der Waals surface area contributed by atoms with Crippen molar-refractivity contribution in [1.29, 1.82) is 0 Å². The third-order valence-corrected chi connectivity index (χ3v) is 4.75. The molecule has 2 aliphatic rings. The fraction of sp³-hybridized carbons (Fsp3) is 0.588. The lowest BCUT2D eigenvalue weighted by Gasteiger charge is -2.39.